The Kier molecular flexibility index (Phi) is 2.16. The predicted molar refractivity (Wildman–Crippen MR) is 54.8 cm³/mol. The Balaban J connectivity index is 2.57. The van der Waals surface area contributed by atoms with Gasteiger partial charge in [-0.2, -0.15) is 0 Å². The molecule has 1 aliphatic carbocycles. The summed E-state index contributed by atoms with van der Waals surface area (Å²) in [4.78, 5) is 11.1. The highest BCUT2D eigenvalue weighted by molar-refractivity contribution is 5.82. The zero-order valence-corrected chi connectivity index (χ0v) is 8.49. The Morgan fingerprint density at radius 3 is 2.93 bits per heavy atom. The van der Waals surface area contributed by atoms with Crippen LogP contribution in [0.2, 0.25) is 0 Å². The minimum absolute atomic E-state index is 0.429. The van der Waals surface area contributed by atoms with Crippen LogP contribution in [0.3, 0.4) is 0 Å². The van der Waals surface area contributed by atoms with Gasteiger partial charge in [-0.15, -0.1) is 0 Å². The lowest BCUT2D eigenvalue weighted by molar-refractivity contribution is -0.143. The van der Waals surface area contributed by atoms with Crippen LogP contribution in [-0.2, 0) is 16.8 Å². The second kappa shape index (κ2) is 3.24. The van der Waals surface area contributed by atoms with Crippen LogP contribution in [0.15, 0.2) is 18.2 Å². The number of hydrogen-bond donors (Lipinski definition) is 2. The molecule has 0 amide bonds. The Bertz CT molecular complexity index is 416. The molecule has 0 bridgehead atoms. The van der Waals surface area contributed by atoms with Crippen molar-refractivity contribution < 1.29 is 14.6 Å². The van der Waals surface area contributed by atoms with Crippen molar-refractivity contribution in [2.75, 3.05) is 7.11 Å². The van der Waals surface area contributed by atoms with Crippen LogP contribution >= 0.6 is 0 Å². The number of methoxy groups -OCH3 is 1. The zero-order chi connectivity index (χ0) is 11.1. The number of rotatable bonds is 2. The first kappa shape index (κ1) is 9.98. The largest absolute Gasteiger partial charge is 0.496 e. The molecule has 1 aromatic rings. The number of aliphatic carboxylic acids is 1. The van der Waals surface area contributed by atoms with Crippen LogP contribution in [0, 0.1) is 0 Å². The van der Waals surface area contributed by atoms with Crippen molar-refractivity contribution in [1.29, 1.82) is 0 Å². The van der Waals surface area contributed by atoms with Crippen LogP contribution in [0.5, 0.6) is 5.75 Å². The monoisotopic (exact) mass is 207 g/mol. The summed E-state index contributed by atoms with van der Waals surface area (Å²) >= 11 is 0. The molecule has 15 heavy (non-hydrogen) atoms. The molecule has 1 atom stereocenters. The van der Waals surface area contributed by atoms with Crippen molar-refractivity contribution in [2.45, 2.75) is 18.4 Å². The van der Waals surface area contributed by atoms with Gasteiger partial charge in [0.05, 0.1) is 7.11 Å². The molecule has 80 valence electrons. The molecule has 0 aromatic heterocycles. The van der Waals surface area contributed by atoms with E-state index in [1.807, 2.05) is 6.07 Å². The number of carboxylic acids is 1. The molecule has 1 aliphatic rings. The van der Waals surface area contributed by atoms with E-state index in [1.54, 1.807) is 19.2 Å². The quantitative estimate of drug-likeness (QED) is 0.755. The molecule has 0 radical (unpaired) electrons. The average Bonchev–Trinajstić information content (AvgIpc) is 2.58. The molecule has 0 spiro atoms. The van der Waals surface area contributed by atoms with E-state index in [-0.39, 0.29) is 0 Å². The van der Waals surface area contributed by atoms with Crippen LogP contribution < -0.4 is 10.5 Å². The molecule has 3 N–H and O–H groups in total. The highest BCUT2D eigenvalue weighted by Crippen LogP contribution is 2.39. The molecule has 4 heteroatoms. The molecular weight excluding hydrogens is 194 g/mol. The lowest BCUT2D eigenvalue weighted by Gasteiger charge is -2.19. The third-order valence-corrected chi connectivity index (χ3v) is 2.98. The summed E-state index contributed by atoms with van der Waals surface area (Å²) in [5.74, 6) is -0.254. The van der Waals surface area contributed by atoms with Crippen molar-refractivity contribution in [3.05, 3.63) is 29.3 Å². The first-order chi connectivity index (χ1) is 7.09. The van der Waals surface area contributed by atoms with Gasteiger partial charge in [-0.05, 0) is 30.0 Å². The van der Waals surface area contributed by atoms with Crippen LogP contribution in [0.25, 0.3) is 0 Å². The first-order valence-electron chi connectivity index (χ1n) is 4.78. The second-order valence-electron chi connectivity index (χ2n) is 3.76. The van der Waals surface area contributed by atoms with E-state index in [0.29, 0.717) is 18.4 Å². The van der Waals surface area contributed by atoms with Crippen molar-refractivity contribution in [1.82, 2.24) is 0 Å². The van der Waals surface area contributed by atoms with Crippen molar-refractivity contribution in [2.24, 2.45) is 5.73 Å². The number of carbonyl (C=O) groups is 1. The van der Waals surface area contributed by atoms with Gasteiger partial charge in [0, 0.05) is 0 Å². The van der Waals surface area contributed by atoms with Gasteiger partial charge in [0.15, 0.2) is 0 Å². The van der Waals surface area contributed by atoms with E-state index < -0.39 is 11.5 Å². The van der Waals surface area contributed by atoms with E-state index in [9.17, 15) is 4.79 Å². The van der Waals surface area contributed by atoms with E-state index >= 15 is 0 Å². The van der Waals surface area contributed by atoms with Gasteiger partial charge < -0.3 is 15.6 Å². The number of ether oxygens (including phenoxy) is 1. The SMILES string of the molecule is COc1cccc2c1CC[C@@]2(N)C(=O)O. The number of carboxylic acid groups (broad SMARTS) is 1. The standard InChI is InChI=1S/C11H13NO3/c1-15-9-4-2-3-8-7(9)5-6-11(8,12)10(13)14/h2-4H,5-6,12H2,1H3,(H,13,14)/t11-/m0/s1. The summed E-state index contributed by atoms with van der Waals surface area (Å²) in [6, 6.07) is 5.36. The summed E-state index contributed by atoms with van der Waals surface area (Å²) in [7, 11) is 1.58. The van der Waals surface area contributed by atoms with Crippen LogP contribution in [0.4, 0.5) is 0 Å². The second-order valence-corrected chi connectivity index (χ2v) is 3.76. The Morgan fingerprint density at radius 1 is 1.60 bits per heavy atom. The number of fused-ring (bicyclic) bond motifs is 1. The first-order valence-corrected chi connectivity index (χ1v) is 4.78. The molecule has 0 saturated carbocycles. The number of hydrogen-bond acceptors (Lipinski definition) is 3. The topological polar surface area (TPSA) is 72.5 Å². The smallest absolute Gasteiger partial charge is 0.328 e. The maximum Gasteiger partial charge on any atom is 0.328 e. The number of benzene rings is 1. The normalized spacial score (nSPS) is 23.6. The molecular formula is C11H13NO3. The van der Waals surface area contributed by atoms with Crippen LogP contribution in [-0.4, -0.2) is 18.2 Å². The van der Waals surface area contributed by atoms with Gasteiger partial charge in [0.1, 0.15) is 11.3 Å². The maximum atomic E-state index is 11.1. The van der Waals surface area contributed by atoms with Gasteiger partial charge in [0.25, 0.3) is 0 Å². The van der Waals surface area contributed by atoms with Crippen molar-refractivity contribution >= 4 is 5.97 Å². The lowest BCUT2D eigenvalue weighted by Crippen LogP contribution is -2.42. The summed E-state index contributed by atoms with van der Waals surface area (Å²) in [6.45, 7) is 0. The Labute approximate surface area is 87.7 Å². The molecule has 0 aliphatic heterocycles. The molecule has 1 aromatic carbocycles. The maximum absolute atomic E-state index is 11.1. The lowest BCUT2D eigenvalue weighted by atomic mass is 9.93. The van der Waals surface area contributed by atoms with Gasteiger partial charge in [-0.25, -0.2) is 4.79 Å². The molecule has 0 fully saturated rings. The van der Waals surface area contributed by atoms with Crippen LogP contribution in [0.1, 0.15) is 17.5 Å². The van der Waals surface area contributed by atoms with E-state index in [2.05, 4.69) is 0 Å². The minimum atomic E-state index is -1.25. The molecule has 0 unspecified atom stereocenters. The zero-order valence-electron chi connectivity index (χ0n) is 8.49. The van der Waals surface area contributed by atoms with E-state index in [1.165, 1.54) is 0 Å². The fourth-order valence-electron chi connectivity index (χ4n) is 2.11. The van der Waals surface area contributed by atoms with Gasteiger partial charge >= 0.3 is 5.97 Å². The Morgan fingerprint density at radius 2 is 2.33 bits per heavy atom. The highest BCUT2D eigenvalue weighted by atomic mass is 16.5. The fraction of sp³-hybridized carbons (Fsp3) is 0.364. The molecule has 0 saturated heterocycles. The average molecular weight is 207 g/mol. The summed E-state index contributed by atoms with van der Waals surface area (Å²) < 4.78 is 5.18. The summed E-state index contributed by atoms with van der Waals surface area (Å²) in [5.41, 5.74) is 6.23. The minimum Gasteiger partial charge on any atom is -0.496 e. The van der Waals surface area contributed by atoms with E-state index in [0.717, 1.165) is 11.3 Å². The molecule has 4 nitrogen and oxygen atoms in total. The third-order valence-electron chi connectivity index (χ3n) is 2.98. The van der Waals surface area contributed by atoms with E-state index in [4.69, 9.17) is 15.6 Å². The number of nitrogens with two attached hydrogens (primary N) is 1. The van der Waals surface area contributed by atoms with Gasteiger partial charge in [-0.1, -0.05) is 12.1 Å². The predicted octanol–water partition coefficient (Wildman–Crippen LogP) is 0.880. The van der Waals surface area contributed by atoms with Crippen molar-refractivity contribution in [3.63, 3.8) is 0 Å². The fourth-order valence-corrected chi connectivity index (χ4v) is 2.11. The Hall–Kier alpha value is -1.55. The molecule has 2 rings (SSSR count). The third kappa shape index (κ3) is 1.29. The molecule has 0 heterocycles. The van der Waals surface area contributed by atoms with Crippen molar-refractivity contribution in [3.8, 4) is 5.75 Å². The van der Waals surface area contributed by atoms with Gasteiger partial charge in [0.2, 0.25) is 0 Å². The summed E-state index contributed by atoms with van der Waals surface area (Å²) in [6.07, 6.45) is 1.08. The summed E-state index contributed by atoms with van der Waals surface area (Å²) in [5, 5.41) is 9.12. The highest BCUT2D eigenvalue weighted by Gasteiger charge is 2.42. The van der Waals surface area contributed by atoms with Gasteiger partial charge in [-0.3, -0.25) is 0 Å².